The first kappa shape index (κ1) is 24.0. The predicted molar refractivity (Wildman–Crippen MR) is 86.0 cm³/mol. The van der Waals surface area contributed by atoms with Gasteiger partial charge in [-0.3, -0.25) is 9.53 Å². The Bertz CT molecular complexity index is 669. The number of hydrogen-bond donors (Lipinski definition) is 2. The lowest BCUT2D eigenvalue weighted by Crippen LogP contribution is -2.45. The standard InChI is InChI=1S/C17H21F6NO4/c1-15(2,3)13(25)12(14(24)26)11(8-27-16(18,19)20)9-5-4-6-10(7-9)28-17(21,22)23/h4-7,11-13,25H,8H2,1-3H3,(H2,24,26)/t11-,12?,13?/m0/s1. The van der Waals surface area contributed by atoms with Crippen molar-refractivity contribution in [2.24, 2.45) is 17.1 Å². The van der Waals surface area contributed by atoms with E-state index in [0.717, 1.165) is 18.2 Å². The molecule has 2 unspecified atom stereocenters. The van der Waals surface area contributed by atoms with Gasteiger partial charge < -0.3 is 15.6 Å². The van der Waals surface area contributed by atoms with Gasteiger partial charge in [0.25, 0.3) is 0 Å². The van der Waals surface area contributed by atoms with Crippen LogP contribution in [0.25, 0.3) is 0 Å². The van der Waals surface area contributed by atoms with Crippen molar-refractivity contribution in [2.45, 2.75) is 45.5 Å². The SMILES string of the molecule is CC(C)(C)C(O)C(C(N)=O)[C@@H](COC(F)(F)F)c1cccc(OC(F)(F)F)c1. The number of alkyl halides is 6. The Labute approximate surface area is 157 Å². The van der Waals surface area contributed by atoms with Crippen LogP contribution in [-0.4, -0.2) is 36.4 Å². The molecule has 0 saturated carbocycles. The summed E-state index contributed by atoms with van der Waals surface area (Å²) in [4.78, 5) is 12.0. The highest BCUT2D eigenvalue weighted by Crippen LogP contribution is 2.37. The van der Waals surface area contributed by atoms with E-state index in [9.17, 15) is 36.2 Å². The number of halogens is 6. The molecule has 1 aromatic rings. The summed E-state index contributed by atoms with van der Waals surface area (Å²) in [7, 11) is 0. The van der Waals surface area contributed by atoms with Crippen LogP contribution in [0.15, 0.2) is 24.3 Å². The third-order valence-electron chi connectivity index (χ3n) is 3.94. The Morgan fingerprint density at radius 1 is 1.11 bits per heavy atom. The molecule has 1 aromatic carbocycles. The van der Waals surface area contributed by atoms with Crippen LogP contribution < -0.4 is 10.5 Å². The molecule has 0 aromatic heterocycles. The maximum atomic E-state index is 12.6. The molecular formula is C17H21F6NO4. The normalized spacial score (nSPS) is 16.4. The largest absolute Gasteiger partial charge is 0.573 e. The number of carbonyl (C=O) groups excluding carboxylic acids is 1. The first-order valence-electron chi connectivity index (χ1n) is 8.05. The summed E-state index contributed by atoms with van der Waals surface area (Å²) in [6.07, 6.45) is -11.6. The van der Waals surface area contributed by atoms with Gasteiger partial charge >= 0.3 is 12.7 Å². The molecule has 0 aliphatic carbocycles. The lowest BCUT2D eigenvalue weighted by molar-refractivity contribution is -0.327. The Morgan fingerprint density at radius 2 is 1.68 bits per heavy atom. The van der Waals surface area contributed by atoms with Gasteiger partial charge in [-0.25, -0.2) is 0 Å². The Balaban J connectivity index is 3.38. The molecule has 3 atom stereocenters. The fourth-order valence-corrected chi connectivity index (χ4v) is 2.65. The van der Waals surface area contributed by atoms with Gasteiger partial charge in [0.05, 0.1) is 18.6 Å². The highest BCUT2D eigenvalue weighted by Gasteiger charge is 2.42. The number of benzene rings is 1. The fourth-order valence-electron chi connectivity index (χ4n) is 2.65. The Morgan fingerprint density at radius 3 is 2.11 bits per heavy atom. The maximum Gasteiger partial charge on any atom is 0.573 e. The smallest absolute Gasteiger partial charge is 0.406 e. The number of nitrogens with two attached hydrogens (primary N) is 1. The van der Waals surface area contributed by atoms with Gasteiger partial charge in [0.15, 0.2) is 0 Å². The molecule has 3 N–H and O–H groups in total. The monoisotopic (exact) mass is 417 g/mol. The summed E-state index contributed by atoms with van der Waals surface area (Å²) in [5.74, 6) is -4.87. The van der Waals surface area contributed by atoms with Crippen LogP contribution in [0.4, 0.5) is 26.3 Å². The Kier molecular flexibility index (Phi) is 7.35. The van der Waals surface area contributed by atoms with Crippen molar-refractivity contribution in [2.75, 3.05) is 6.61 Å². The van der Waals surface area contributed by atoms with Crippen molar-refractivity contribution < 1.29 is 45.7 Å². The molecular weight excluding hydrogens is 396 g/mol. The van der Waals surface area contributed by atoms with Gasteiger partial charge in [-0.15, -0.1) is 26.3 Å². The molecule has 28 heavy (non-hydrogen) atoms. The van der Waals surface area contributed by atoms with Crippen molar-refractivity contribution in [3.05, 3.63) is 29.8 Å². The van der Waals surface area contributed by atoms with E-state index in [4.69, 9.17) is 5.73 Å². The lowest BCUT2D eigenvalue weighted by Gasteiger charge is -2.36. The molecule has 0 bridgehead atoms. The minimum Gasteiger partial charge on any atom is -0.406 e. The summed E-state index contributed by atoms with van der Waals surface area (Å²) in [6.45, 7) is 3.44. The second kappa shape index (κ2) is 8.56. The van der Waals surface area contributed by atoms with Crippen LogP contribution in [0.2, 0.25) is 0 Å². The average Bonchev–Trinajstić information content (AvgIpc) is 2.47. The summed E-state index contributed by atoms with van der Waals surface area (Å²) in [6, 6.07) is 4.07. The second-order valence-electron chi connectivity index (χ2n) is 7.22. The van der Waals surface area contributed by atoms with Crippen LogP contribution in [0.3, 0.4) is 0 Å². The average molecular weight is 417 g/mol. The number of ether oxygens (including phenoxy) is 2. The number of hydrogen-bond acceptors (Lipinski definition) is 4. The zero-order valence-corrected chi connectivity index (χ0v) is 15.3. The molecule has 5 nitrogen and oxygen atoms in total. The molecule has 0 fully saturated rings. The van der Waals surface area contributed by atoms with Crippen LogP contribution in [0, 0.1) is 11.3 Å². The molecule has 0 aliphatic rings. The summed E-state index contributed by atoms with van der Waals surface area (Å²) >= 11 is 0. The molecule has 0 aliphatic heterocycles. The third kappa shape index (κ3) is 7.55. The number of carbonyl (C=O) groups is 1. The molecule has 160 valence electrons. The molecule has 11 heteroatoms. The van der Waals surface area contributed by atoms with Gasteiger partial charge in [0.2, 0.25) is 5.91 Å². The van der Waals surface area contributed by atoms with E-state index in [1.54, 1.807) is 0 Å². The van der Waals surface area contributed by atoms with E-state index in [2.05, 4.69) is 9.47 Å². The van der Waals surface area contributed by atoms with Crippen LogP contribution in [-0.2, 0) is 9.53 Å². The van der Waals surface area contributed by atoms with Gasteiger partial charge in [0, 0.05) is 5.92 Å². The zero-order valence-electron chi connectivity index (χ0n) is 15.3. The van der Waals surface area contributed by atoms with E-state index in [1.165, 1.54) is 26.8 Å². The van der Waals surface area contributed by atoms with Crippen molar-refractivity contribution in [3.8, 4) is 5.75 Å². The van der Waals surface area contributed by atoms with Crippen molar-refractivity contribution in [3.63, 3.8) is 0 Å². The van der Waals surface area contributed by atoms with E-state index in [1.807, 2.05) is 0 Å². The van der Waals surface area contributed by atoms with Crippen molar-refractivity contribution >= 4 is 5.91 Å². The van der Waals surface area contributed by atoms with Crippen molar-refractivity contribution in [1.29, 1.82) is 0 Å². The maximum absolute atomic E-state index is 12.6. The van der Waals surface area contributed by atoms with Gasteiger partial charge in [-0.05, 0) is 23.1 Å². The second-order valence-corrected chi connectivity index (χ2v) is 7.22. The molecule has 0 radical (unpaired) electrons. The molecule has 0 heterocycles. The fraction of sp³-hybridized carbons (Fsp3) is 0.588. The first-order chi connectivity index (χ1) is 12.5. The van der Waals surface area contributed by atoms with Crippen molar-refractivity contribution in [1.82, 2.24) is 0 Å². The lowest BCUT2D eigenvalue weighted by atomic mass is 9.73. The number of primary amides is 1. The minimum absolute atomic E-state index is 0.141. The molecule has 0 spiro atoms. The van der Waals surface area contributed by atoms with Gasteiger partial charge in [-0.1, -0.05) is 32.9 Å². The number of aliphatic hydroxyl groups excluding tert-OH is 1. The summed E-state index contributed by atoms with van der Waals surface area (Å²) < 4.78 is 82.6. The highest BCUT2D eigenvalue weighted by molar-refractivity contribution is 5.78. The summed E-state index contributed by atoms with van der Waals surface area (Å²) in [5, 5.41) is 10.5. The van der Waals surface area contributed by atoms with Gasteiger partial charge in [-0.2, -0.15) is 0 Å². The minimum atomic E-state index is -5.06. The first-order valence-corrected chi connectivity index (χ1v) is 8.05. The quantitative estimate of drug-likeness (QED) is 0.663. The third-order valence-corrected chi connectivity index (χ3v) is 3.94. The van der Waals surface area contributed by atoms with E-state index < -0.39 is 54.3 Å². The Hall–Kier alpha value is -2.01. The molecule has 1 rings (SSSR count). The van der Waals surface area contributed by atoms with E-state index in [-0.39, 0.29) is 5.56 Å². The highest BCUT2D eigenvalue weighted by atomic mass is 19.4. The van der Waals surface area contributed by atoms with E-state index >= 15 is 0 Å². The topological polar surface area (TPSA) is 81.8 Å². The number of aliphatic hydroxyl groups is 1. The molecule has 0 saturated heterocycles. The van der Waals surface area contributed by atoms with E-state index in [0.29, 0.717) is 0 Å². The zero-order chi connectivity index (χ0) is 21.9. The predicted octanol–water partition coefficient (Wildman–Crippen LogP) is 3.71. The van der Waals surface area contributed by atoms with Gasteiger partial charge in [0.1, 0.15) is 5.75 Å². The number of amides is 1. The number of rotatable bonds is 7. The summed E-state index contributed by atoms with van der Waals surface area (Å²) in [5.41, 5.74) is 4.20. The van der Waals surface area contributed by atoms with Crippen LogP contribution in [0.1, 0.15) is 32.3 Å². The van der Waals surface area contributed by atoms with Crippen LogP contribution in [0.5, 0.6) is 5.75 Å². The molecule has 1 amide bonds. The van der Waals surface area contributed by atoms with Crippen LogP contribution >= 0.6 is 0 Å².